The first kappa shape index (κ1) is 19.8. The first-order valence-electron chi connectivity index (χ1n) is 10.1. The van der Waals surface area contributed by atoms with Crippen LogP contribution >= 0.6 is 0 Å². The number of rotatable bonds is 2. The van der Waals surface area contributed by atoms with Crippen LogP contribution < -0.4 is 4.90 Å². The Hall–Kier alpha value is -3.17. The maximum absolute atomic E-state index is 13.1. The SMILES string of the molecule is COC(=O)N1CCCc2nc(C3(c4nc5ncc(C(F)(F)F)cc5[nH]4)CCC3)ccc21. The molecule has 1 N–H and O–H groups in total. The van der Waals surface area contributed by atoms with Crippen LogP contribution in [-0.4, -0.2) is 39.7 Å². The van der Waals surface area contributed by atoms with Crippen LogP contribution in [0.3, 0.4) is 0 Å². The molecule has 7 nitrogen and oxygen atoms in total. The summed E-state index contributed by atoms with van der Waals surface area (Å²) in [7, 11) is 1.35. The zero-order valence-electron chi connectivity index (χ0n) is 16.8. The molecule has 1 saturated carbocycles. The number of aromatic amines is 1. The molecule has 3 aromatic heterocycles. The number of methoxy groups -OCH3 is 1. The molecular formula is C21H20F3N5O2. The fraction of sp³-hybridized carbons (Fsp3) is 0.429. The van der Waals surface area contributed by atoms with Crippen molar-refractivity contribution in [2.45, 2.75) is 43.7 Å². The summed E-state index contributed by atoms with van der Waals surface area (Å²) in [5.74, 6) is 0.577. The van der Waals surface area contributed by atoms with E-state index in [0.29, 0.717) is 12.4 Å². The van der Waals surface area contributed by atoms with Crippen LogP contribution in [-0.2, 0) is 22.7 Å². The third kappa shape index (κ3) is 3.12. The normalized spacial score (nSPS) is 17.9. The minimum Gasteiger partial charge on any atom is -0.452 e. The Bertz CT molecular complexity index is 1170. The number of H-pyrrole nitrogens is 1. The van der Waals surface area contributed by atoms with Crippen LogP contribution in [0.1, 0.15) is 48.5 Å². The van der Waals surface area contributed by atoms with Crippen LogP contribution in [0.25, 0.3) is 11.2 Å². The molecule has 1 aliphatic carbocycles. The Morgan fingerprint density at radius 3 is 2.71 bits per heavy atom. The Morgan fingerprint density at radius 1 is 1.23 bits per heavy atom. The molecule has 0 aromatic carbocycles. The molecular weight excluding hydrogens is 411 g/mol. The van der Waals surface area contributed by atoms with Crippen molar-refractivity contribution in [3.63, 3.8) is 0 Å². The van der Waals surface area contributed by atoms with Crippen molar-refractivity contribution in [2.24, 2.45) is 0 Å². The molecule has 0 unspecified atom stereocenters. The Kier molecular flexibility index (Phi) is 4.42. The molecule has 31 heavy (non-hydrogen) atoms. The van der Waals surface area contributed by atoms with E-state index in [1.165, 1.54) is 7.11 Å². The van der Waals surface area contributed by atoms with Crippen LogP contribution in [0, 0.1) is 0 Å². The van der Waals surface area contributed by atoms with Crippen molar-refractivity contribution in [1.29, 1.82) is 0 Å². The van der Waals surface area contributed by atoms with E-state index in [1.807, 2.05) is 12.1 Å². The molecule has 10 heteroatoms. The van der Waals surface area contributed by atoms with E-state index in [2.05, 4.69) is 15.0 Å². The fourth-order valence-electron chi connectivity index (χ4n) is 4.44. The molecule has 1 fully saturated rings. The molecule has 1 aliphatic heterocycles. The lowest BCUT2D eigenvalue weighted by Gasteiger charge is -2.40. The van der Waals surface area contributed by atoms with Gasteiger partial charge in [0.05, 0.1) is 40.7 Å². The molecule has 0 radical (unpaired) electrons. The van der Waals surface area contributed by atoms with Gasteiger partial charge in [-0.15, -0.1) is 0 Å². The lowest BCUT2D eigenvalue weighted by atomic mass is 9.65. The van der Waals surface area contributed by atoms with Crippen LogP contribution in [0.5, 0.6) is 0 Å². The molecule has 1 amide bonds. The van der Waals surface area contributed by atoms with Gasteiger partial charge >= 0.3 is 12.3 Å². The summed E-state index contributed by atoms with van der Waals surface area (Å²) in [5.41, 5.74) is 1.55. The number of nitrogens with zero attached hydrogens (tertiary/aromatic N) is 4. The van der Waals surface area contributed by atoms with Gasteiger partial charge in [-0.25, -0.2) is 14.8 Å². The predicted molar refractivity (Wildman–Crippen MR) is 106 cm³/mol. The standard InChI is InChI=1S/C21H20F3N5O2/c1-31-19(30)29-9-2-4-13-15(29)5-6-16(26-13)20(7-3-8-20)18-27-14-10-12(21(22,23)24)11-25-17(14)28-18/h5-6,10-11H,2-4,7-9H2,1H3,(H,25,27,28). The molecule has 0 atom stereocenters. The van der Waals surface area contributed by atoms with Gasteiger partial charge in [0.15, 0.2) is 5.65 Å². The third-order valence-corrected chi connectivity index (χ3v) is 6.25. The summed E-state index contributed by atoms with van der Waals surface area (Å²) in [6.07, 6.45) is -0.0328. The number of amides is 1. The quantitative estimate of drug-likeness (QED) is 0.652. The number of nitrogens with one attached hydrogen (secondary N) is 1. The summed E-state index contributed by atoms with van der Waals surface area (Å²) in [6, 6.07) is 4.79. The summed E-state index contributed by atoms with van der Waals surface area (Å²) in [4.78, 5) is 30.0. The molecule has 0 bridgehead atoms. The number of aromatic nitrogens is 4. The average molecular weight is 431 g/mol. The number of carbonyl (C=O) groups is 1. The number of ether oxygens (including phenoxy) is 1. The van der Waals surface area contributed by atoms with Gasteiger partial charge in [0, 0.05) is 12.7 Å². The monoisotopic (exact) mass is 431 g/mol. The van der Waals surface area contributed by atoms with Gasteiger partial charge in [0.25, 0.3) is 0 Å². The number of aryl methyl sites for hydroxylation is 1. The van der Waals surface area contributed by atoms with E-state index in [0.717, 1.165) is 61.4 Å². The number of fused-ring (bicyclic) bond motifs is 2. The zero-order chi connectivity index (χ0) is 21.8. The van der Waals surface area contributed by atoms with E-state index in [4.69, 9.17) is 9.72 Å². The zero-order valence-corrected chi connectivity index (χ0v) is 16.8. The summed E-state index contributed by atoms with van der Waals surface area (Å²) in [5, 5.41) is 0. The smallest absolute Gasteiger partial charge is 0.417 e. The van der Waals surface area contributed by atoms with Gasteiger partial charge in [0.1, 0.15) is 5.82 Å². The second-order valence-corrected chi connectivity index (χ2v) is 8.00. The number of hydrogen-bond donors (Lipinski definition) is 1. The number of hydrogen-bond acceptors (Lipinski definition) is 5. The number of pyridine rings is 2. The third-order valence-electron chi connectivity index (χ3n) is 6.25. The highest BCUT2D eigenvalue weighted by Crippen LogP contribution is 2.48. The lowest BCUT2D eigenvalue weighted by molar-refractivity contribution is -0.137. The van der Waals surface area contributed by atoms with E-state index < -0.39 is 23.2 Å². The Balaban J connectivity index is 1.55. The highest BCUT2D eigenvalue weighted by molar-refractivity contribution is 5.88. The number of alkyl halides is 3. The average Bonchev–Trinajstić information content (AvgIpc) is 3.14. The highest BCUT2D eigenvalue weighted by atomic mass is 19.4. The Morgan fingerprint density at radius 2 is 2.03 bits per heavy atom. The van der Waals surface area contributed by atoms with Crippen LogP contribution in [0.4, 0.5) is 23.7 Å². The number of imidazole rings is 1. The maximum atomic E-state index is 13.1. The van der Waals surface area contributed by atoms with Crippen molar-refractivity contribution in [3.8, 4) is 0 Å². The van der Waals surface area contributed by atoms with Crippen molar-refractivity contribution in [3.05, 3.63) is 47.2 Å². The molecule has 5 rings (SSSR count). The number of halogens is 3. The fourth-order valence-corrected chi connectivity index (χ4v) is 4.44. The predicted octanol–water partition coefficient (Wildman–Crippen LogP) is 4.36. The topological polar surface area (TPSA) is 84.0 Å². The van der Waals surface area contributed by atoms with Gasteiger partial charge in [-0.05, 0) is 43.9 Å². The minimum absolute atomic E-state index is 0.254. The number of anilines is 1. The first-order valence-corrected chi connectivity index (χ1v) is 10.1. The second kappa shape index (κ2) is 6.93. The van der Waals surface area contributed by atoms with Gasteiger partial charge in [-0.1, -0.05) is 6.42 Å². The van der Waals surface area contributed by atoms with E-state index in [-0.39, 0.29) is 11.2 Å². The second-order valence-electron chi connectivity index (χ2n) is 8.00. The minimum atomic E-state index is -4.47. The molecule has 3 aromatic rings. The number of carbonyl (C=O) groups excluding carboxylic acids is 1. The van der Waals surface area contributed by atoms with E-state index in [9.17, 15) is 18.0 Å². The Labute approximate surface area is 175 Å². The van der Waals surface area contributed by atoms with Gasteiger partial charge in [-0.2, -0.15) is 13.2 Å². The van der Waals surface area contributed by atoms with Crippen molar-refractivity contribution in [2.75, 3.05) is 18.6 Å². The molecule has 4 heterocycles. The molecule has 0 spiro atoms. The van der Waals surface area contributed by atoms with E-state index in [1.54, 1.807) is 4.90 Å². The maximum Gasteiger partial charge on any atom is 0.417 e. The van der Waals surface area contributed by atoms with Crippen LogP contribution in [0.15, 0.2) is 24.4 Å². The molecule has 0 saturated heterocycles. The molecule has 2 aliphatic rings. The van der Waals surface area contributed by atoms with Gasteiger partial charge in [0.2, 0.25) is 0 Å². The van der Waals surface area contributed by atoms with Gasteiger partial charge < -0.3 is 9.72 Å². The summed E-state index contributed by atoms with van der Waals surface area (Å²) in [6.45, 7) is 0.572. The summed E-state index contributed by atoms with van der Waals surface area (Å²) >= 11 is 0. The highest BCUT2D eigenvalue weighted by Gasteiger charge is 2.45. The van der Waals surface area contributed by atoms with Gasteiger partial charge in [-0.3, -0.25) is 9.88 Å². The lowest BCUT2D eigenvalue weighted by Crippen LogP contribution is -2.39. The largest absolute Gasteiger partial charge is 0.452 e. The molecule has 162 valence electrons. The van der Waals surface area contributed by atoms with Crippen LogP contribution in [0.2, 0.25) is 0 Å². The first-order chi connectivity index (χ1) is 14.8. The van der Waals surface area contributed by atoms with Crippen molar-refractivity contribution in [1.82, 2.24) is 19.9 Å². The van der Waals surface area contributed by atoms with Crippen molar-refractivity contribution < 1.29 is 22.7 Å². The summed E-state index contributed by atoms with van der Waals surface area (Å²) < 4.78 is 44.0. The van der Waals surface area contributed by atoms with Crippen molar-refractivity contribution >= 4 is 22.9 Å². The van der Waals surface area contributed by atoms with E-state index >= 15 is 0 Å².